The fraction of sp³-hybridized carbons (Fsp3) is 0.562. The van der Waals surface area contributed by atoms with Crippen molar-refractivity contribution in [3.63, 3.8) is 0 Å². The maximum Gasteiger partial charge on any atom is 0.325 e. The van der Waals surface area contributed by atoms with E-state index in [1.165, 1.54) is 0 Å². The van der Waals surface area contributed by atoms with Gasteiger partial charge in [0, 0.05) is 6.42 Å². The van der Waals surface area contributed by atoms with Crippen molar-refractivity contribution in [2.75, 3.05) is 0 Å². The molecule has 0 rings (SSSR count). The van der Waals surface area contributed by atoms with Crippen molar-refractivity contribution < 1.29 is 43.8 Å². The minimum Gasteiger partial charge on any atom is -0.481 e. The molecular weight excluding hydrogens is 420 g/mol. The van der Waals surface area contributed by atoms with Gasteiger partial charge in [-0.1, -0.05) is 0 Å². The zero-order chi connectivity index (χ0) is 24.3. The number of carboxylic acids is 2. The fourth-order valence-corrected chi connectivity index (χ4v) is 2.17. The standard InChI is InChI=1S/C16H26N6O9/c1-6(16(30)31)20-14(28)8(2-3-10(18)23)21-15(29)9(5-11(19)24)22-13(27)7(17)4-12(25)26/h6-9H,2-5,17H2,1H3,(H2,18,23)(H2,19,24)(H,20,28)(H,21,29)(H,22,27)(H,25,26)(H,30,31). The Morgan fingerprint density at radius 1 is 0.774 bits per heavy atom. The summed E-state index contributed by atoms with van der Waals surface area (Å²) in [7, 11) is 0. The highest BCUT2D eigenvalue weighted by Gasteiger charge is 2.30. The molecule has 174 valence electrons. The van der Waals surface area contributed by atoms with Crippen LogP contribution in [-0.4, -0.2) is 75.9 Å². The molecule has 0 fully saturated rings. The van der Waals surface area contributed by atoms with Crippen molar-refractivity contribution in [2.24, 2.45) is 17.2 Å². The Morgan fingerprint density at radius 3 is 1.74 bits per heavy atom. The Balaban J connectivity index is 5.44. The van der Waals surface area contributed by atoms with E-state index in [2.05, 4.69) is 16.0 Å². The van der Waals surface area contributed by atoms with E-state index in [4.69, 9.17) is 27.4 Å². The van der Waals surface area contributed by atoms with Crippen molar-refractivity contribution in [2.45, 2.75) is 56.8 Å². The SMILES string of the molecule is CC(NC(=O)C(CCC(N)=O)NC(=O)C(CC(N)=O)NC(=O)C(N)CC(=O)O)C(=O)O. The summed E-state index contributed by atoms with van der Waals surface area (Å²) in [6.07, 6.45) is -2.13. The van der Waals surface area contributed by atoms with Crippen molar-refractivity contribution in [3.8, 4) is 0 Å². The predicted octanol–water partition coefficient (Wildman–Crippen LogP) is -4.51. The van der Waals surface area contributed by atoms with Crippen LogP contribution in [0.25, 0.3) is 0 Å². The molecule has 4 atom stereocenters. The summed E-state index contributed by atoms with van der Waals surface area (Å²) in [6.45, 7) is 1.16. The summed E-state index contributed by atoms with van der Waals surface area (Å²) < 4.78 is 0. The van der Waals surface area contributed by atoms with Crippen LogP contribution in [0, 0.1) is 0 Å². The van der Waals surface area contributed by atoms with Crippen molar-refractivity contribution in [3.05, 3.63) is 0 Å². The van der Waals surface area contributed by atoms with Gasteiger partial charge in [0.15, 0.2) is 0 Å². The first-order chi connectivity index (χ1) is 14.2. The monoisotopic (exact) mass is 446 g/mol. The molecular formula is C16H26N6O9. The number of amides is 5. The molecule has 0 aliphatic carbocycles. The van der Waals surface area contributed by atoms with Gasteiger partial charge in [-0.3, -0.25) is 33.6 Å². The maximum atomic E-state index is 12.5. The maximum absolute atomic E-state index is 12.5. The van der Waals surface area contributed by atoms with Crippen molar-refractivity contribution in [1.82, 2.24) is 16.0 Å². The van der Waals surface area contributed by atoms with Crippen LogP contribution >= 0.6 is 0 Å². The quantitative estimate of drug-likeness (QED) is 0.126. The molecule has 5 amide bonds. The molecule has 0 aromatic heterocycles. The number of carboxylic acid groups (broad SMARTS) is 2. The van der Waals surface area contributed by atoms with Crippen molar-refractivity contribution >= 4 is 41.5 Å². The third kappa shape index (κ3) is 11.1. The minimum absolute atomic E-state index is 0.311. The van der Waals surface area contributed by atoms with E-state index >= 15 is 0 Å². The van der Waals surface area contributed by atoms with Crippen LogP contribution in [-0.2, 0) is 33.6 Å². The average molecular weight is 446 g/mol. The lowest BCUT2D eigenvalue weighted by Crippen LogP contribution is -2.57. The topological polar surface area (TPSA) is 274 Å². The van der Waals surface area contributed by atoms with Gasteiger partial charge in [-0.05, 0) is 13.3 Å². The second-order valence-electron chi connectivity index (χ2n) is 6.57. The zero-order valence-electron chi connectivity index (χ0n) is 16.6. The molecule has 0 heterocycles. The molecule has 0 radical (unpaired) electrons. The Bertz CT molecular complexity index is 741. The third-order valence-electron chi connectivity index (χ3n) is 3.81. The van der Waals surface area contributed by atoms with Gasteiger partial charge in [-0.15, -0.1) is 0 Å². The Morgan fingerprint density at radius 2 is 1.29 bits per heavy atom. The Kier molecular flexibility index (Phi) is 11.2. The number of rotatable bonds is 14. The van der Waals surface area contributed by atoms with E-state index in [1.54, 1.807) is 0 Å². The summed E-state index contributed by atoms with van der Waals surface area (Å²) in [4.78, 5) is 80.7. The van der Waals surface area contributed by atoms with Crippen LogP contribution in [0.1, 0.15) is 32.6 Å². The van der Waals surface area contributed by atoms with E-state index in [9.17, 15) is 33.6 Å². The van der Waals surface area contributed by atoms with E-state index in [0.29, 0.717) is 0 Å². The molecule has 0 saturated carbocycles. The largest absolute Gasteiger partial charge is 0.481 e. The smallest absolute Gasteiger partial charge is 0.325 e. The summed E-state index contributed by atoms with van der Waals surface area (Å²) >= 11 is 0. The van der Waals surface area contributed by atoms with E-state index in [0.717, 1.165) is 6.92 Å². The summed E-state index contributed by atoms with van der Waals surface area (Å²) in [5.74, 6) is -7.67. The van der Waals surface area contributed by atoms with Crippen LogP contribution < -0.4 is 33.2 Å². The lowest BCUT2D eigenvalue weighted by Gasteiger charge is -2.24. The first kappa shape index (κ1) is 27.2. The molecule has 0 aromatic rings. The van der Waals surface area contributed by atoms with Crippen LogP contribution in [0.2, 0.25) is 0 Å². The van der Waals surface area contributed by atoms with Gasteiger partial charge in [-0.25, -0.2) is 0 Å². The molecule has 0 aliphatic rings. The van der Waals surface area contributed by atoms with E-state index in [1.807, 2.05) is 0 Å². The van der Waals surface area contributed by atoms with Gasteiger partial charge in [0.05, 0.1) is 18.9 Å². The molecule has 0 spiro atoms. The number of carbonyl (C=O) groups excluding carboxylic acids is 5. The number of primary amides is 2. The van der Waals surface area contributed by atoms with Gasteiger partial charge in [0.2, 0.25) is 29.5 Å². The number of aliphatic carboxylic acids is 2. The van der Waals surface area contributed by atoms with Crippen molar-refractivity contribution in [1.29, 1.82) is 0 Å². The van der Waals surface area contributed by atoms with Crippen LogP contribution in [0.15, 0.2) is 0 Å². The second kappa shape index (κ2) is 12.7. The molecule has 15 nitrogen and oxygen atoms in total. The minimum atomic E-state index is -1.62. The predicted molar refractivity (Wildman–Crippen MR) is 102 cm³/mol. The first-order valence-electron chi connectivity index (χ1n) is 8.92. The van der Waals surface area contributed by atoms with Gasteiger partial charge in [0.25, 0.3) is 0 Å². The number of nitrogens with two attached hydrogens (primary N) is 3. The highest BCUT2D eigenvalue weighted by atomic mass is 16.4. The zero-order valence-corrected chi connectivity index (χ0v) is 16.6. The lowest BCUT2D eigenvalue weighted by atomic mass is 10.1. The van der Waals surface area contributed by atoms with E-state index in [-0.39, 0.29) is 12.8 Å². The number of carbonyl (C=O) groups is 7. The highest BCUT2D eigenvalue weighted by molar-refractivity contribution is 5.96. The molecule has 15 heteroatoms. The first-order valence-corrected chi connectivity index (χ1v) is 8.92. The highest BCUT2D eigenvalue weighted by Crippen LogP contribution is 2.02. The summed E-state index contributed by atoms with van der Waals surface area (Å²) in [5.41, 5.74) is 15.5. The average Bonchev–Trinajstić information content (AvgIpc) is 2.62. The van der Waals surface area contributed by atoms with Crippen LogP contribution in [0.3, 0.4) is 0 Å². The van der Waals surface area contributed by atoms with Gasteiger partial charge >= 0.3 is 11.9 Å². The molecule has 0 aliphatic heterocycles. The number of hydrogen-bond donors (Lipinski definition) is 8. The van der Waals surface area contributed by atoms with Crippen LogP contribution in [0.4, 0.5) is 0 Å². The normalized spacial score (nSPS) is 14.3. The second-order valence-corrected chi connectivity index (χ2v) is 6.57. The Hall–Kier alpha value is -3.75. The van der Waals surface area contributed by atoms with Gasteiger partial charge < -0.3 is 43.4 Å². The number of nitrogens with one attached hydrogen (secondary N) is 3. The van der Waals surface area contributed by atoms with E-state index < -0.39 is 78.5 Å². The lowest BCUT2D eigenvalue weighted by molar-refractivity contribution is -0.142. The molecule has 31 heavy (non-hydrogen) atoms. The number of hydrogen-bond acceptors (Lipinski definition) is 8. The molecule has 11 N–H and O–H groups in total. The Labute approximate surface area is 176 Å². The molecule has 0 aromatic carbocycles. The van der Waals surface area contributed by atoms with Gasteiger partial charge in [-0.2, -0.15) is 0 Å². The molecule has 4 unspecified atom stereocenters. The molecule has 0 saturated heterocycles. The summed E-state index contributed by atoms with van der Waals surface area (Å²) in [6, 6.07) is -5.92. The fourth-order valence-electron chi connectivity index (χ4n) is 2.17. The summed E-state index contributed by atoms with van der Waals surface area (Å²) in [5, 5.41) is 23.9. The van der Waals surface area contributed by atoms with Gasteiger partial charge in [0.1, 0.15) is 18.1 Å². The molecule has 0 bridgehead atoms. The van der Waals surface area contributed by atoms with Crippen LogP contribution in [0.5, 0.6) is 0 Å². The third-order valence-corrected chi connectivity index (χ3v) is 3.81.